The van der Waals surface area contributed by atoms with Crippen molar-refractivity contribution in [1.29, 1.82) is 0 Å². The van der Waals surface area contributed by atoms with E-state index in [4.69, 9.17) is 5.11 Å². The van der Waals surface area contributed by atoms with E-state index in [-0.39, 0.29) is 5.56 Å². The molecule has 0 saturated heterocycles. The van der Waals surface area contributed by atoms with E-state index in [0.29, 0.717) is 17.1 Å². The van der Waals surface area contributed by atoms with Crippen LogP contribution in [-0.4, -0.2) is 28.0 Å². The highest BCUT2D eigenvalue weighted by Crippen LogP contribution is 2.22. The number of carboxylic acid groups (broad SMARTS) is 1. The zero-order chi connectivity index (χ0) is 12.1. The number of aliphatic hydroxyl groups excluding tert-OH is 1. The average molecular weight is 244 g/mol. The Morgan fingerprint density at radius 2 is 2.25 bits per heavy atom. The molecule has 0 aliphatic rings. The predicted molar refractivity (Wildman–Crippen MR) is 60.4 cm³/mol. The Balaban J connectivity index is 2.75. The molecule has 0 fully saturated rings. The molecular weight excluding hydrogens is 231 g/mol. The first-order valence-electron chi connectivity index (χ1n) is 4.88. The van der Waals surface area contributed by atoms with E-state index in [1.165, 1.54) is 23.9 Å². The zero-order valence-corrected chi connectivity index (χ0v) is 9.63. The SMILES string of the molecule is CCC(O)CSc1ccc(F)c(C(=O)O)c1. The molecule has 0 spiro atoms. The maximum absolute atomic E-state index is 13.0. The first-order chi connectivity index (χ1) is 7.54. The van der Waals surface area contributed by atoms with E-state index < -0.39 is 17.9 Å². The van der Waals surface area contributed by atoms with Gasteiger partial charge in [0.25, 0.3) is 0 Å². The average Bonchev–Trinajstić information content (AvgIpc) is 2.27. The Bertz CT molecular complexity index is 381. The van der Waals surface area contributed by atoms with Gasteiger partial charge in [-0.2, -0.15) is 0 Å². The Kier molecular flexibility index (Phi) is 4.76. The van der Waals surface area contributed by atoms with E-state index in [1.54, 1.807) is 0 Å². The van der Waals surface area contributed by atoms with Gasteiger partial charge in [0.1, 0.15) is 5.82 Å². The van der Waals surface area contributed by atoms with Crippen molar-refractivity contribution in [2.75, 3.05) is 5.75 Å². The fraction of sp³-hybridized carbons (Fsp3) is 0.364. The molecule has 0 amide bonds. The lowest BCUT2D eigenvalue weighted by atomic mass is 10.2. The third kappa shape index (κ3) is 3.50. The van der Waals surface area contributed by atoms with Gasteiger partial charge < -0.3 is 10.2 Å². The van der Waals surface area contributed by atoms with Crippen LogP contribution in [0.15, 0.2) is 23.1 Å². The van der Waals surface area contributed by atoms with Crippen molar-refractivity contribution in [3.05, 3.63) is 29.6 Å². The van der Waals surface area contributed by atoms with Crippen LogP contribution in [0.25, 0.3) is 0 Å². The summed E-state index contributed by atoms with van der Waals surface area (Å²) < 4.78 is 13.0. The molecule has 3 nitrogen and oxygen atoms in total. The van der Waals surface area contributed by atoms with Gasteiger partial charge in [0.05, 0.1) is 11.7 Å². The number of hydrogen-bond donors (Lipinski definition) is 2. The Hall–Kier alpha value is -1.07. The maximum Gasteiger partial charge on any atom is 0.338 e. The van der Waals surface area contributed by atoms with Crippen molar-refractivity contribution in [3.63, 3.8) is 0 Å². The highest BCUT2D eigenvalue weighted by atomic mass is 32.2. The normalized spacial score (nSPS) is 12.4. The molecule has 0 aliphatic heterocycles. The van der Waals surface area contributed by atoms with Gasteiger partial charge in [-0.05, 0) is 24.6 Å². The largest absolute Gasteiger partial charge is 0.478 e. The molecule has 1 rings (SSSR count). The van der Waals surface area contributed by atoms with Crippen LogP contribution in [0.1, 0.15) is 23.7 Å². The van der Waals surface area contributed by atoms with Crippen LogP contribution < -0.4 is 0 Å². The van der Waals surface area contributed by atoms with Crippen LogP contribution in [-0.2, 0) is 0 Å². The Morgan fingerprint density at radius 1 is 1.56 bits per heavy atom. The summed E-state index contributed by atoms with van der Waals surface area (Å²) in [6.07, 6.45) is 0.211. The molecule has 16 heavy (non-hydrogen) atoms. The lowest BCUT2D eigenvalue weighted by Gasteiger charge is -2.07. The molecular formula is C11H13FO3S. The van der Waals surface area contributed by atoms with Gasteiger partial charge in [-0.25, -0.2) is 9.18 Å². The van der Waals surface area contributed by atoms with E-state index in [2.05, 4.69) is 0 Å². The third-order valence-electron chi connectivity index (χ3n) is 2.08. The minimum Gasteiger partial charge on any atom is -0.478 e. The summed E-state index contributed by atoms with van der Waals surface area (Å²) in [4.78, 5) is 11.3. The number of hydrogen-bond acceptors (Lipinski definition) is 3. The highest BCUT2D eigenvalue weighted by Gasteiger charge is 2.11. The molecule has 0 aromatic heterocycles. The van der Waals surface area contributed by atoms with E-state index in [0.717, 1.165) is 6.07 Å². The number of carboxylic acids is 1. The van der Waals surface area contributed by atoms with Crippen molar-refractivity contribution in [1.82, 2.24) is 0 Å². The van der Waals surface area contributed by atoms with Gasteiger partial charge in [-0.3, -0.25) is 0 Å². The molecule has 0 aliphatic carbocycles. The van der Waals surface area contributed by atoms with Crippen molar-refractivity contribution >= 4 is 17.7 Å². The van der Waals surface area contributed by atoms with Crippen LogP contribution in [0, 0.1) is 5.82 Å². The Labute approximate surface area is 97.3 Å². The fourth-order valence-electron chi connectivity index (χ4n) is 1.07. The molecule has 0 saturated carbocycles. The van der Waals surface area contributed by atoms with Gasteiger partial charge in [0.2, 0.25) is 0 Å². The van der Waals surface area contributed by atoms with E-state index in [1.807, 2.05) is 6.92 Å². The van der Waals surface area contributed by atoms with Crippen molar-refractivity contribution in [2.24, 2.45) is 0 Å². The number of benzene rings is 1. The molecule has 1 unspecified atom stereocenters. The third-order valence-corrected chi connectivity index (χ3v) is 3.22. The van der Waals surface area contributed by atoms with Crippen LogP contribution in [0.2, 0.25) is 0 Å². The monoisotopic (exact) mass is 244 g/mol. The molecule has 1 aromatic rings. The van der Waals surface area contributed by atoms with E-state index >= 15 is 0 Å². The fourth-order valence-corrected chi connectivity index (χ4v) is 2.05. The van der Waals surface area contributed by atoms with Crippen LogP contribution in [0.3, 0.4) is 0 Å². The van der Waals surface area contributed by atoms with E-state index in [9.17, 15) is 14.3 Å². The van der Waals surface area contributed by atoms with Gasteiger partial charge in [0, 0.05) is 10.6 Å². The van der Waals surface area contributed by atoms with Gasteiger partial charge in [0.15, 0.2) is 0 Å². The first-order valence-corrected chi connectivity index (χ1v) is 5.86. The summed E-state index contributed by atoms with van der Waals surface area (Å²) >= 11 is 1.31. The van der Waals surface area contributed by atoms with Crippen LogP contribution in [0.5, 0.6) is 0 Å². The molecule has 88 valence electrons. The molecule has 1 aromatic carbocycles. The lowest BCUT2D eigenvalue weighted by Crippen LogP contribution is -2.07. The standard InChI is InChI=1S/C11H13FO3S/c1-2-7(13)6-16-8-3-4-10(12)9(5-8)11(14)15/h3-5,7,13H,2,6H2,1H3,(H,14,15). The smallest absolute Gasteiger partial charge is 0.338 e. The molecule has 0 heterocycles. The summed E-state index contributed by atoms with van der Waals surface area (Å²) in [6.45, 7) is 1.86. The van der Waals surface area contributed by atoms with Crippen molar-refractivity contribution < 1.29 is 19.4 Å². The number of carbonyl (C=O) groups is 1. The van der Waals surface area contributed by atoms with Crippen molar-refractivity contribution in [2.45, 2.75) is 24.3 Å². The molecule has 0 radical (unpaired) electrons. The second kappa shape index (κ2) is 5.86. The molecule has 5 heteroatoms. The summed E-state index contributed by atoms with van der Waals surface area (Å²) in [7, 11) is 0. The molecule has 0 bridgehead atoms. The Morgan fingerprint density at radius 3 is 2.81 bits per heavy atom. The minimum atomic E-state index is -1.28. The van der Waals surface area contributed by atoms with Crippen molar-refractivity contribution in [3.8, 4) is 0 Å². The number of thioether (sulfide) groups is 1. The second-order valence-corrected chi connectivity index (χ2v) is 4.41. The summed E-state index contributed by atoms with van der Waals surface area (Å²) in [5.41, 5.74) is -0.337. The van der Waals surface area contributed by atoms with Crippen LogP contribution in [0.4, 0.5) is 4.39 Å². The lowest BCUT2D eigenvalue weighted by molar-refractivity contribution is 0.0691. The number of halogens is 1. The molecule has 1 atom stereocenters. The predicted octanol–water partition coefficient (Wildman–Crippen LogP) is 2.39. The minimum absolute atomic E-state index is 0.337. The maximum atomic E-state index is 13.0. The van der Waals surface area contributed by atoms with Gasteiger partial charge in [-0.1, -0.05) is 6.92 Å². The summed E-state index contributed by atoms with van der Waals surface area (Å²) in [5.74, 6) is -1.55. The number of rotatable bonds is 5. The quantitative estimate of drug-likeness (QED) is 0.781. The summed E-state index contributed by atoms with van der Waals surface area (Å²) in [6, 6.07) is 3.92. The number of aromatic carboxylic acids is 1. The molecule has 2 N–H and O–H groups in total. The topological polar surface area (TPSA) is 57.5 Å². The summed E-state index contributed by atoms with van der Waals surface area (Å²) in [5, 5.41) is 18.1. The van der Waals surface area contributed by atoms with Gasteiger partial charge in [-0.15, -0.1) is 11.8 Å². The van der Waals surface area contributed by atoms with Crippen LogP contribution >= 0.6 is 11.8 Å². The number of aliphatic hydroxyl groups is 1. The second-order valence-electron chi connectivity index (χ2n) is 3.32. The highest BCUT2D eigenvalue weighted by molar-refractivity contribution is 7.99. The zero-order valence-electron chi connectivity index (χ0n) is 8.81. The van der Waals surface area contributed by atoms with Gasteiger partial charge >= 0.3 is 5.97 Å². The first kappa shape index (κ1) is 13.0.